The van der Waals surface area contributed by atoms with E-state index in [2.05, 4.69) is 22.0 Å². The van der Waals surface area contributed by atoms with Gasteiger partial charge in [0.2, 0.25) is 17.7 Å². The van der Waals surface area contributed by atoms with E-state index < -0.39 is 0 Å². The van der Waals surface area contributed by atoms with Gasteiger partial charge in [0.15, 0.2) is 0 Å². The van der Waals surface area contributed by atoms with Gasteiger partial charge in [-0.2, -0.15) is 0 Å². The van der Waals surface area contributed by atoms with Crippen molar-refractivity contribution >= 4 is 33.7 Å². The van der Waals surface area contributed by atoms with Crippen LogP contribution in [0.2, 0.25) is 0 Å². The Morgan fingerprint density at radius 2 is 1.86 bits per heavy atom. The summed E-state index contributed by atoms with van der Waals surface area (Å²) in [5.74, 6) is -0.331. The predicted molar refractivity (Wildman–Crippen MR) is 83.8 cm³/mol. The molecule has 1 saturated heterocycles. The molecule has 0 aliphatic carbocycles. The van der Waals surface area contributed by atoms with Crippen molar-refractivity contribution in [2.24, 2.45) is 0 Å². The van der Waals surface area contributed by atoms with E-state index in [1.54, 1.807) is 4.90 Å². The van der Waals surface area contributed by atoms with Crippen LogP contribution in [-0.4, -0.2) is 40.6 Å². The molecule has 22 heavy (non-hydrogen) atoms. The topological polar surface area (TPSA) is 57.7 Å². The number of amides is 3. The highest BCUT2D eigenvalue weighted by Gasteiger charge is 2.30. The van der Waals surface area contributed by atoms with Gasteiger partial charge in [-0.15, -0.1) is 0 Å². The average Bonchev–Trinajstić information content (AvgIpc) is 2.84. The highest BCUT2D eigenvalue weighted by atomic mass is 79.9. The van der Waals surface area contributed by atoms with Gasteiger partial charge >= 0.3 is 0 Å². The Bertz CT molecular complexity index is 628. The molecule has 0 bridgehead atoms. The van der Waals surface area contributed by atoms with Gasteiger partial charge in [-0.3, -0.25) is 19.3 Å². The molecule has 2 aliphatic rings. The summed E-state index contributed by atoms with van der Waals surface area (Å²) in [6.45, 7) is 1.47. The molecule has 0 saturated carbocycles. The van der Waals surface area contributed by atoms with Crippen molar-refractivity contribution in [1.82, 2.24) is 9.80 Å². The van der Waals surface area contributed by atoms with E-state index in [0.29, 0.717) is 13.1 Å². The third kappa shape index (κ3) is 2.92. The summed E-state index contributed by atoms with van der Waals surface area (Å²) in [5.41, 5.74) is 2.42. The molecule has 0 atom stereocenters. The van der Waals surface area contributed by atoms with Crippen molar-refractivity contribution in [2.75, 3.05) is 13.1 Å². The number of imide groups is 1. The number of carbonyl (C=O) groups excluding carboxylic acids is 3. The first-order valence-electron chi connectivity index (χ1n) is 7.43. The normalized spacial score (nSPS) is 17.9. The van der Waals surface area contributed by atoms with Crippen LogP contribution in [0.3, 0.4) is 0 Å². The maximum Gasteiger partial charge on any atom is 0.229 e. The van der Waals surface area contributed by atoms with Gasteiger partial charge in [-0.25, -0.2) is 0 Å². The molecule has 5 nitrogen and oxygen atoms in total. The van der Waals surface area contributed by atoms with E-state index in [0.717, 1.165) is 16.5 Å². The van der Waals surface area contributed by atoms with Gasteiger partial charge in [0.05, 0.1) is 0 Å². The number of rotatable bonds is 3. The van der Waals surface area contributed by atoms with Gasteiger partial charge in [0.1, 0.15) is 0 Å². The molecule has 0 radical (unpaired) electrons. The second-order valence-electron chi connectivity index (χ2n) is 5.63. The van der Waals surface area contributed by atoms with Crippen LogP contribution in [-0.2, 0) is 27.3 Å². The minimum atomic E-state index is -0.162. The summed E-state index contributed by atoms with van der Waals surface area (Å²) < 4.78 is 1.02. The molecule has 0 unspecified atom stereocenters. The Kier molecular flexibility index (Phi) is 4.29. The summed E-state index contributed by atoms with van der Waals surface area (Å²) in [5, 5.41) is 0. The lowest BCUT2D eigenvalue weighted by Gasteiger charge is -2.30. The third-order valence-corrected chi connectivity index (χ3v) is 5.02. The first kappa shape index (κ1) is 15.2. The van der Waals surface area contributed by atoms with Gasteiger partial charge in [0, 0.05) is 43.4 Å². The number of hydrogen-bond acceptors (Lipinski definition) is 3. The van der Waals surface area contributed by atoms with Crippen molar-refractivity contribution < 1.29 is 14.4 Å². The van der Waals surface area contributed by atoms with Gasteiger partial charge in [-0.05, 0) is 23.6 Å². The maximum absolute atomic E-state index is 12.4. The highest BCUT2D eigenvalue weighted by Crippen LogP contribution is 2.26. The van der Waals surface area contributed by atoms with Crippen LogP contribution in [0, 0.1) is 0 Å². The van der Waals surface area contributed by atoms with Crippen molar-refractivity contribution in [2.45, 2.75) is 32.2 Å². The highest BCUT2D eigenvalue weighted by molar-refractivity contribution is 9.10. The molecule has 116 valence electrons. The third-order valence-electron chi connectivity index (χ3n) is 4.27. The molecule has 1 aromatic carbocycles. The first-order chi connectivity index (χ1) is 10.6. The lowest BCUT2D eigenvalue weighted by Crippen LogP contribution is -2.39. The van der Waals surface area contributed by atoms with Crippen LogP contribution in [0.15, 0.2) is 22.7 Å². The van der Waals surface area contributed by atoms with E-state index in [1.807, 2.05) is 12.1 Å². The fraction of sp³-hybridized carbons (Fsp3) is 0.438. The Hall–Kier alpha value is -1.69. The summed E-state index contributed by atoms with van der Waals surface area (Å²) in [6, 6.07) is 6.07. The molecule has 2 heterocycles. The van der Waals surface area contributed by atoms with Crippen LogP contribution < -0.4 is 0 Å². The lowest BCUT2D eigenvalue weighted by molar-refractivity contribution is -0.139. The summed E-state index contributed by atoms with van der Waals surface area (Å²) >= 11 is 3.53. The Labute approximate surface area is 137 Å². The summed E-state index contributed by atoms with van der Waals surface area (Å²) in [6.07, 6.45) is 1.59. The average molecular weight is 365 g/mol. The number of fused-ring (bicyclic) bond motifs is 1. The monoisotopic (exact) mass is 364 g/mol. The predicted octanol–water partition coefficient (Wildman–Crippen LogP) is 1.87. The van der Waals surface area contributed by atoms with Crippen LogP contribution in [0.4, 0.5) is 0 Å². The SMILES string of the molecule is O=C(CCN1C(=O)CCC1=O)N1CCc2cccc(Br)c2C1. The fourth-order valence-electron chi connectivity index (χ4n) is 2.99. The van der Waals surface area contributed by atoms with Crippen molar-refractivity contribution in [1.29, 1.82) is 0 Å². The van der Waals surface area contributed by atoms with Gasteiger partial charge in [-0.1, -0.05) is 28.1 Å². The van der Waals surface area contributed by atoms with E-state index in [-0.39, 0.29) is 43.5 Å². The molecule has 0 aromatic heterocycles. The van der Waals surface area contributed by atoms with Gasteiger partial charge in [0.25, 0.3) is 0 Å². The zero-order valence-corrected chi connectivity index (χ0v) is 13.8. The Morgan fingerprint density at radius 1 is 1.14 bits per heavy atom. The zero-order valence-electron chi connectivity index (χ0n) is 12.2. The second kappa shape index (κ2) is 6.20. The van der Waals surface area contributed by atoms with Gasteiger partial charge < -0.3 is 4.90 Å². The lowest BCUT2D eigenvalue weighted by atomic mass is 10.00. The summed E-state index contributed by atoms with van der Waals surface area (Å²) in [4.78, 5) is 38.5. The van der Waals surface area contributed by atoms with Crippen LogP contribution >= 0.6 is 15.9 Å². The number of likely N-dealkylation sites (tertiary alicyclic amines) is 1. The van der Waals surface area contributed by atoms with E-state index in [9.17, 15) is 14.4 Å². The molecule has 0 N–H and O–H groups in total. The molecular formula is C16H17BrN2O3. The quantitative estimate of drug-likeness (QED) is 0.769. The second-order valence-corrected chi connectivity index (χ2v) is 6.49. The number of halogens is 1. The van der Waals surface area contributed by atoms with Crippen molar-refractivity contribution in [3.05, 3.63) is 33.8 Å². The molecule has 1 aromatic rings. The van der Waals surface area contributed by atoms with E-state index >= 15 is 0 Å². The number of hydrogen-bond donors (Lipinski definition) is 0. The van der Waals surface area contributed by atoms with Crippen molar-refractivity contribution in [3.63, 3.8) is 0 Å². The minimum absolute atomic E-state index is 0.00565. The molecule has 3 rings (SSSR count). The fourth-order valence-corrected chi connectivity index (χ4v) is 3.52. The smallest absolute Gasteiger partial charge is 0.229 e. The Morgan fingerprint density at radius 3 is 2.59 bits per heavy atom. The van der Waals surface area contributed by atoms with E-state index in [1.165, 1.54) is 10.5 Å². The molecule has 3 amide bonds. The molecule has 0 spiro atoms. The standard InChI is InChI=1S/C16H17BrN2O3/c17-13-3-1-2-11-6-8-18(10-12(11)13)14(20)7-9-19-15(21)4-5-16(19)22/h1-3H,4-10H2. The van der Waals surface area contributed by atoms with E-state index in [4.69, 9.17) is 0 Å². The molecular weight excluding hydrogens is 348 g/mol. The zero-order chi connectivity index (χ0) is 15.7. The number of benzene rings is 1. The number of nitrogens with zero attached hydrogens (tertiary/aromatic N) is 2. The summed E-state index contributed by atoms with van der Waals surface area (Å²) in [7, 11) is 0. The minimum Gasteiger partial charge on any atom is -0.338 e. The number of carbonyl (C=O) groups is 3. The van der Waals surface area contributed by atoms with Crippen LogP contribution in [0.1, 0.15) is 30.4 Å². The molecule has 2 aliphatic heterocycles. The van der Waals surface area contributed by atoms with Crippen molar-refractivity contribution in [3.8, 4) is 0 Å². The van der Waals surface area contributed by atoms with Crippen LogP contribution in [0.25, 0.3) is 0 Å². The molecule has 1 fully saturated rings. The van der Waals surface area contributed by atoms with Crippen LogP contribution in [0.5, 0.6) is 0 Å². The largest absolute Gasteiger partial charge is 0.338 e. The molecule has 6 heteroatoms. The Balaban J connectivity index is 1.61. The first-order valence-corrected chi connectivity index (χ1v) is 8.23. The maximum atomic E-state index is 12.4.